The number of benzene rings is 1. The third kappa shape index (κ3) is 3.28. The van der Waals surface area contributed by atoms with Gasteiger partial charge in [0.2, 0.25) is 0 Å². The lowest BCUT2D eigenvalue weighted by molar-refractivity contribution is 0.171. The SMILES string of the molecule is CNC(CS(=O)c1cccs1)c1ccc2c(c1)OCCO2. The summed E-state index contributed by atoms with van der Waals surface area (Å²) in [5.74, 6) is 2.08. The molecule has 0 saturated carbocycles. The summed E-state index contributed by atoms with van der Waals surface area (Å²) in [7, 11) is 0.882. The smallest absolute Gasteiger partial charge is 0.161 e. The maximum atomic E-state index is 12.4. The molecule has 0 radical (unpaired) electrons. The number of hydrogen-bond donors (Lipinski definition) is 1. The Hall–Kier alpha value is -1.37. The number of fused-ring (bicyclic) bond motifs is 1. The molecular weight excluding hydrogens is 306 g/mol. The van der Waals surface area contributed by atoms with E-state index >= 15 is 0 Å². The quantitative estimate of drug-likeness (QED) is 0.919. The fourth-order valence-corrected chi connectivity index (χ4v) is 4.55. The average Bonchev–Trinajstić information content (AvgIpc) is 3.06. The summed E-state index contributed by atoms with van der Waals surface area (Å²) >= 11 is 1.53. The molecule has 0 saturated heterocycles. The lowest BCUT2D eigenvalue weighted by atomic mass is 10.1. The zero-order valence-electron chi connectivity index (χ0n) is 11.7. The Bertz CT molecular complexity index is 628. The molecule has 0 aliphatic carbocycles. The van der Waals surface area contributed by atoms with Crippen molar-refractivity contribution < 1.29 is 13.7 Å². The first kappa shape index (κ1) is 14.6. The molecule has 112 valence electrons. The van der Waals surface area contributed by atoms with Gasteiger partial charge in [0.05, 0.1) is 15.0 Å². The number of ether oxygens (including phenoxy) is 2. The van der Waals surface area contributed by atoms with Crippen LogP contribution in [0.5, 0.6) is 11.5 Å². The van der Waals surface area contributed by atoms with Crippen LogP contribution in [0.4, 0.5) is 0 Å². The van der Waals surface area contributed by atoms with Crippen LogP contribution in [0, 0.1) is 0 Å². The second-order valence-electron chi connectivity index (χ2n) is 4.69. The van der Waals surface area contributed by atoms with Crippen molar-refractivity contribution in [1.82, 2.24) is 5.32 Å². The van der Waals surface area contributed by atoms with Crippen LogP contribution in [-0.2, 0) is 10.8 Å². The molecule has 1 aromatic heterocycles. The van der Waals surface area contributed by atoms with Gasteiger partial charge in [-0.05, 0) is 36.2 Å². The molecule has 1 N–H and O–H groups in total. The minimum Gasteiger partial charge on any atom is -0.486 e. The Labute approximate surface area is 130 Å². The Morgan fingerprint density at radius 2 is 2.10 bits per heavy atom. The number of thiophene rings is 1. The van der Waals surface area contributed by atoms with Gasteiger partial charge in [0, 0.05) is 11.8 Å². The molecular formula is C15H17NO3S2. The number of hydrogen-bond acceptors (Lipinski definition) is 5. The Kier molecular flexibility index (Phi) is 4.57. The van der Waals surface area contributed by atoms with Gasteiger partial charge >= 0.3 is 0 Å². The molecule has 2 aromatic rings. The van der Waals surface area contributed by atoms with E-state index in [2.05, 4.69) is 5.32 Å². The van der Waals surface area contributed by atoms with Crippen LogP contribution in [0.1, 0.15) is 11.6 Å². The second kappa shape index (κ2) is 6.60. The van der Waals surface area contributed by atoms with E-state index in [-0.39, 0.29) is 6.04 Å². The van der Waals surface area contributed by atoms with Gasteiger partial charge in [0.15, 0.2) is 11.5 Å². The standard InChI is InChI=1S/C15H17NO3S2/c1-16-12(10-21(17)15-3-2-8-20-15)11-4-5-13-14(9-11)19-7-6-18-13/h2-5,8-9,12,16H,6-7,10H2,1H3. The van der Waals surface area contributed by atoms with E-state index in [9.17, 15) is 4.21 Å². The molecule has 21 heavy (non-hydrogen) atoms. The van der Waals surface area contributed by atoms with Crippen LogP contribution in [0.3, 0.4) is 0 Å². The number of nitrogens with one attached hydrogen (secondary N) is 1. The first-order valence-corrected chi connectivity index (χ1v) is 8.96. The lowest BCUT2D eigenvalue weighted by Gasteiger charge is -2.21. The van der Waals surface area contributed by atoms with Crippen molar-refractivity contribution >= 4 is 22.1 Å². The summed E-state index contributed by atoms with van der Waals surface area (Å²) in [5.41, 5.74) is 1.06. The Balaban J connectivity index is 1.78. The van der Waals surface area contributed by atoms with E-state index in [0.717, 1.165) is 21.3 Å². The third-order valence-electron chi connectivity index (χ3n) is 3.35. The van der Waals surface area contributed by atoms with Crippen LogP contribution in [-0.4, -0.2) is 30.2 Å². The molecule has 0 amide bonds. The third-order valence-corrected chi connectivity index (χ3v) is 6.08. The van der Waals surface area contributed by atoms with Gasteiger partial charge in [0.1, 0.15) is 13.2 Å². The predicted octanol–water partition coefficient (Wildman–Crippen LogP) is 2.59. The van der Waals surface area contributed by atoms with Crippen molar-refractivity contribution in [2.45, 2.75) is 10.3 Å². The van der Waals surface area contributed by atoms with Crippen LogP contribution in [0.2, 0.25) is 0 Å². The van der Waals surface area contributed by atoms with Gasteiger partial charge < -0.3 is 14.8 Å². The molecule has 2 heterocycles. The number of rotatable bonds is 5. The van der Waals surface area contributed by atoms with Crippen LogP contribution in [0.25, 0.3) is 0 Å². The van der Waals surface area contributed by atoms with Crippen molar-refractivity contribution in [3.63, 3.8) is 0 Å². The van der Waals surface area contributed by atoms with Gasteiger partial charge in [-0.1, -0.05) is 12.1 Å². The molecule has 1 aliphatic heterocycles. The highest BCUT2D eigenvalue weighted by Crippen LogP contribution is 2.33. The molecule has 1 aromatic carbocycles. The molecule has 0 spiro atoms. The molecule has 2 unspecified atom stereocenters. The van der Waals surface area contributed by atoms with Gasteiger partial charge in [-0.15, -0.1) is 11.3 Å². The van der Waals surface area contributed by atoms with Gasteiger partial charge in [-0.3, -0.25) is 4.21 Å². The van der Waals surface area contributed by atoms with Crippen molar-refractivity contribution in [2.24, 2.45) is 0 Å². The zero-order valence-corrected chi connectivity index (χ0v) is 13.3. The monoisotopic (exact) mass is 323 g/mol. The normalized spacial score (nSPS) is 16.4. The van der Waals surface area contributed by atoms with Crippen molar-refractivity contribution in [3.05, 3.63) is 41.3 Å². The summed E-state index contributed by atoms with van der Waals surface area (Å²) in [4.78, 5) is 0. The molecule has 3 rings (SSSR count). The fourth-order valence-electron chi connectivity index (χ4n) is 2.25. The highest BCUT2D eigenvalue weighted by atomic mass is 32.2. The van der Waals surface area contributed by atoms with Crippen LogP contribution in [0.15, 0.2) is 39.9 Å². The highest BCUT2D eigenvalue weighted by molar-refractivity contribution is 7.87. The van der Waals surface area contributed by atoms with Crippen LogP contribution >= 0.6 is 11.3 Å². The maximum Gasteiger partial charge on any atom is 0.161 e. The molecule has 0 bridgehead atoms. The van der Waals surface area contributed by atoms with Gasteiger partial charge in [-0.2, -0.15) is 0 Å². The lowest BCUT2D eigenvalue weighted by Crippen LogP contribution is -2.23. The molecule has 1 aliphatic rings. The maximum absolute atomic E-state index is 12.4. The average molecular weight is 323 g/mol. The van der Waals surface area contributed by atoms with E-state index in [1.165, 1.54) is 11.3 Å². The fraction of sp³-hybridized carbons (Fsp3) is 0.333. The summed E-state index contributed by atoms with van der Waals surface area (Å²) < 4.78 is 24.4. The first-order valence-electron chi connectivity index (χ1n) is 6.76. The van der Waals surface area contributed by atoms with Gasteiger partial charge in [0.25, 0.3) is 0 Å². The van der Waals surface area contributed by atoms with Crippen molar-refractivity contribution in [3.8, 4) is 11.5 Å². The Morgan fingerprint density at radius 3 is 2.81 bits per heavy atom. The van der Waals surface area contributed by atoms with E-state index in [0.29, 0.717) is 19.0 Å². The molecule has 2 atom stereocenters. The first-order chi connectivity index (χ1) is 10.3. The molecule has 6 heteroatoms. The zero-order chi connectivity index (χ0) is 14.7. The minimum absolute atomic E-state index is 0.0174. The summed E-state index contributed by atoms with van der Waals surface area (Å²) in [6.07, 6.45) is 0. The largest absolute Gasteiger partial charge is 0.486 e. The van der Waals surface area contributed by atoms with E-state index < -0.39 is 10.8 Å². The predicted molar refractivity (Wildman–Crippen MR) is 84.8 cm³/mol. The van der Waals surface area contributed by atoms with E-state index in [1.54, 1.807) is 0 Å². The van der Waals surface area contributed by atoms with Crippen LogP contribution < -0.4 is 14.8 Å². The Morgan fingerprint density at radius 1 is 1.29 bits per heavy atom. The van der Waals surface area contributed by atoms with E-state index in [1.807, 2.05) is 42.8 Å². The van der Waals surface area contributed by atoms with Crippen molar-refractivity contribution in [1.29, 1.82) is 0 Å². The summed E-state index contributed by atoms with van der Waals surface area (Å²) in [5, 5.41) is 5.18. The van der Waals surface area contributed by atoms with Crippen molar-refractivity contribution in [2.75, 3.05) is 26.0 Å². The topological polar surface area (TPSA) is 47.6 Å². The minimum atomic E-state index is -1.00. The highest BCUT2D eigenvalue weighted by Gasteiger charge is 2.18. The van der Waals surface area contributed by atoms with E-state index in [4.69, 9.17) is 9.47 Å². The summed E-state index contributed by atoms with van der Waals surface area (Å²) in [6.45, 7) is 1.16. The molecule has 4 nitrogen and oxygen atoms in total. The second-order valence-corrected chi connectivity index (χ2v) is 7.36. The summed E-state index contributed by atoms with van der Waals surface area (Å²) in [6, 6.07) is 9.75. The van der Waals surface area contributed by atoms with Gasteiger partial charge in [-0.25, -0.2) is 0 Å². The molecule has 0 fully saturated rings.